The van der Waals surface area contributed by atoms with Crippen LogP contribution in [0, 0.1) is 0 Å². The third kappa shape index (κ3) is 1.66. The van der Waals surface area contributed by atoms with E-state index in [9.17, 15) is 5.11 Å². The molecule has 1 aliphatic heterocycles. The molecule has 1 aromatic rings. The maximum atomic E-state index is 9.55. The zero-order chi connectivity index (χ0) is 11.1. The van der Waals surface area contributed by atoms with Crippen LogP contribution in [-0.4, -0.2) is 16.5 Å². The molecule has 2 atom stereocenters. The number of hydrogen-bond donors (Lipinski definition) is 1. The summed E-state index contributed by atoms with van der Waals surface area (Å²) in [6, 6.07) is 3.53. The van der Waals surface area contributed by atoms with Crippen molar-refractivity contribution in [2.24, 2.45) is 0 Å². The van der Waals surface area contributed by atoms with Gasteiger partial charge in [0.05, 0.1) is 4.90 Å². The van der Waals surface area contributed by atoms with Gasteiger partial charge in [0.1, 0.15) is 16.9 Å². The molecule has 4 heteroatoms. The van der Waals surface area contributed by atoms with Crippen molar-refractivity contribution in [1.82, 2.24) is 0 Å². The molecular formula is C12H13ClO2S. The number of fused-ring (bicyclic) bond motifs is 2. The molecule has 2 aliphatic rings. The second-order valence-corrected chi connectivity index (χ2v) is 5.98. The van der Waals surface area contributed by atoms with Crippen LogP contribution in [0.2, 0.25) is 5.02 Å². The van der Waals surface area contributed by atoms with Gasteiger partial charge in [-0.2, -0.15) is 0 Å². The van der Waals surface area contributed by atoms with Crippen molar-refractivity contribution in [1.29, 1.82) is 0 Å². The maximum Gasteiger partial charge on any atom is 0.155 e. The summed E-state index contributed by atoms with van der Waals surface area (Å²) in [5, 5.41) is 10.5. The van der Waals surface area contributed by atoms with Crippen LogP contribution in [0.5, 0.6) is 11.5 Å². The molecule has 1 aliphatic carbocycles. The van der Waals surface area contributed by atoms with Gasteiger partial charge in [0.15, 0.2) is 5.75 Å². The maximum absolute atomic E-state index is 9.55. The zero-order valence-corrected chi connectivity index (χ0v) is 10.4. The molecule has 0 aromatic heterocycles. The van der Waals surface area contributed by atoms with Crippen molar-refractivity contribution in [3.8, 4) is 11.5 Å². The highest BCUT2D eigenvalue weighted by atomic mass is 35.5. The number of halogens is 1. The number of ether oxygens (including phenoxy) is 1. The van der Waals surface area contributed by atoms with Crippen molar-refractivity contribution in [3.05, 3.63) is 17.2 Å². The smallest absolute Gasteiger partial charge is 0.155 e. The molecule has 16 heavy (non-hydrogen) atoms. The van der Waals surface area contributed by atoms with E-state index in [0.717, 1.165) is 11.3 Å². The highest BCUT2D eigenvalue weighted by Gasteiger charge is 2.34. The van der Waals surface area contributed by atoms with Gasteiger partial charge in [-0.1, -0.05) is 18.0 Å². The third-order valence-corrected chi connectivity index (χ3v) is 5.01. The number of phenolic OH excluding ortho intramolecular Hbond substituents is 1. The van der Waals surface area contributed by atoms with E-state index in [0.29, 0.717) is 16.0 Å². The third-order valence-electron chi connectivity index (χ3n) is 3.23. The fourth-order valence-corrected chi connectivity index (χ4v) is 4.00. The van der Waals surface area contributed by atoms with E-state index in [2.05, 4.69) is 0 Å². The predicted octanol–water partition coefficient (Wildman–Crippen LogP) is 3.84. The van der Waals surface area contributed by atoms with Crippen LogP contribution in [0.3, 0.4) is 0 Å². The predicted molar refractivity (Wildman–Crippen MR) is 65.6 cm³/mol. The van der Waals surface area contributed by atoms with Crippen molar-refractivity contribution in [2.45, 2.75) is 41.9 Å². The Morgan fingerprint density at radius 2 is 2.12 bits per heavy atom. The number of hydrogen-bond acceptors (Lipinski definition) is 3. The van der Waals surface area contributed by atoms with Gasteiger partial charge in [-0.25, -0.2) is 0 Å². The first-order valence-electron chi connectivity index (χ1n) is 5.60. The molecule has 1 N–H and O–H groups in total. The van der Waals surface area contributed by atoms with Gasteiger partial charge in [0.25, 0.3) is 0 Å². The minimum atomic E-state index is 0.107. The average molecular weight is 257 g/mol. The first-order chi connectivity index (χ1) is 7.75. The molecule has 0 bridgehead atoms. The van der Waals surface area contributed by atoms with Gasteiger partial charge in [-0.15, -0.1) is 11.8 Å². The van der Waals surface area contributed by atoms with Crippen LogP contribution in [-0.2, 0) is 0 Å². The number of aromatic hydroxyl groups is 1. The Bertz CT molecular complexity index is 422. The molecule has 0 saturated heterocycles. The summed E-state index contributed by atoms with van der Waals surface area (Å²) < 4.78 is 5.93. The Morgan fingerprint density at radius 3 is 3.00 bits per heavy atom. The van der Waals surface area contributed by atoms with Gasteiger partial charge >= 0.3 is 0 Å². The Kier molecular flexibility index (Phi) is 2.68. The van der Waals surface area contributed by atoms with E-state index in [4.69, 9.17) is 16.3 Å². The van der Waals surface area contributed by atoms with Crippen LogP contribution in [0.15, 0.2) is 17.0 Å². The molecule has 0 radical (unpaired) electrons. The SMILES string of the molecule is Oc1ccc2c(c1Cl)O[C@@H]1CCCC[C@H]1S2. The number of rotatable bonds is 0. The molecule has 1 fully saturated rings. The summed E-state index contributed by atoms with van der Waals surface area (Å²) in [7, 11) is 0. The minimum Gasteiger partial charge on any atom is -0.506 e. The quantitative estimate of drug-likeness (QED) is 0.765. The average Bonchev–Trinajstić information content (AvgIpc) is 2.32. The van der Waals surface area contributed by atoms with E-state index in [1.165, 1.54) is 19.3 Å². The summed E-state index contributed by atoms with van der Waals surface area (Å²) in [5.74, 6) is 0.782. The Hall–Kier alpha value is -0.540. The van der Waals surface area contributed by atoms with E-state index in [-0.39, 0.29) is 11.9 Å². The molecule has 0 spiro atoms. The molecule has 0 unspecified atom stereocenters. The van der Waals surface area contributed by atoms with Gasteiger partial charge in [0.2, 0.25) is 0 Å². The molecular weight excluding hydrogens is 244 g/mol. The summed E-state index contributed by atoms with van der Waals surface area (Å²) in [6.45, 7) is 0. The number of phenols is 1. The summed E-state index contributed by atoms with van der Waals surface area (Å²) >= 11 is 7.90. The van der Waals surface area contributed by atoms with E-state index < -0.39 is 0 Å². The Labute approximate surface area is 104 Å². The summed E-state index contributed by atoms with van der Waals surface area (Å²) in [5.41, 5.74) is 0. The van der Waals surface area contributed by atoms with Crippen LogP contribution in [0.4, 0.5) is 0 Å². The number of benzene rings is 1. The first kappa shape index (κ1) is 10.6. The van der Waals surface area contributed by atoms with Crippen molar-refractivity contribution < 1.29 is 9.84 Å². The molecule has 2 nitrogen and oxygen atoms in total. The summed E-state index contributed by atoms with van der Waals surface area (Å²) in [4.78, 5) is 1.06. The molecule has 1 aromatic carbocycles. The van der Waals surface area contributed by atoms with Crippen LogP contribution < -0.4 is 4.74 Å². The highest BCUT2D eigenvalue weighted by Crippen LogP contribution is 2.49. The van der Waals surface area contributed by atoms with Crippen LogP contribution in [0.25, 0.3) is 0 Å². The van der Waals surface area contributed by atoms with Crippen LogP contribution in [0.1, 0.15) is 25.7 Å². The second-order valence-electron chi connectivity index (χ2n) is 4.32. The van der Waals surface area contributed by atoms with Gasteiger partial charge in [-0.3, -0.25) is 0 Å². The minimum absolute atomic E-state index is 0.107. The lowest BCUT2D eigenvalue weighted by molar-refractivity contribution is 0.151. The monoisotopic (exact) mass is 256 g/mol. The molecule has 1 heterocycles. The topological polar surface area (TPSA) is 29.5 Å². The van der Waals surface area contributed by atoms with Crippen molar-refractivity contribution >= 4 is 23.4 Å². The largest absolute Gasteiger partial charge is 0.506 e. The van der Waals surface area contributed by atoms with E-state index in [1.807, 2.05) is 17.8 Å². The lowest BCUT2D eigenvalue weighted by atomic mass is 9.97. The van der Waals surface area contributed by atoms with Gasteiger partial charge < -0.3 is 9.84 Å². The molecule has 1 saturated carbocycles. The lowest BCUT2D eigenvalue weighted by Gasteiger charge is -2.36. The molecule has 86 valence electrons. The molecule has 3 rings (SSSR count). The zero-order valence-electron chi connectivity index (χ0n) is 8.78. The number of thioether (sulfide) groups is 1. The van der Waals surface area contributed by atoms with Gasteiger partial charge in [0, 0.05) is 5.25 Å². The van der Waals surface area contributed by atoms with Crippen LogP contribution >= 0.6 is 23.4 Å². The standard InChI is InChI=1S/C12H13ClO2S/c13-11-7(14)5-6-10-12(11)15-8-3-1-2-4-9(8)16-10/h5-6,8-9,14H,1-4H2/t8-,9-/m1/s1. The van der Waals surface area contributed by atoms with Crippen molar-refractivity contribution in [2.75, 3.05) is 0 Å². The lowest BCUT2D eigenvalue weighted by Crippen LogP contribution is -2.35. The fraction of sp³-hybridized carbons (Fsp3) is 0.500. The second kappa shape index (κ2) is 4.04. The van der Waals surface area contributed by atoms with E-state index >= 15 is 0 Å². The Morgan fingerprint density at radius 1 is 1.31 bits per heavy atom. The fourth-order valence-electron chi connectivity index (χ4n) is 2.38. The molecule has 0 amide bonds. The Balaban J connectivity index is 1.98. The first-order valence-corrected chi connectivity index (χ1v) is 6.86. The van der Waals surface area contributed by atoms with E-state index in [1.54, 1.807) is 6.07 Å². The van der Waals surface area contributed by atoms with Gasteiger partial charge in [-0.05, 0) is 31.4 Å². The summed E-state index contributed by atoms with van der Waals surface area (Å²) in [6.07, 6.45) is 5.10. The van der Waals surface area contributed by atoms with Crippen molar-refractivity contribution in [3.63, 3.8) is 0 Å². The highest BCUT2D eigenvalue weighted by molar-refractivity contribution is 8.00. The normalized spacial score (nSPS) is 27.8.